The molecule has 0 bridgehead atoms. The molecule has 0 atom stereocenters. The first-order valence-electron chi connectivity index (χ1n) is 31.5. The Morgan fingerprint density at radius 2 is 0.170 bits per heavy atom. The van der Waals surface area contributed by atoms with Crippen molar-refractivity contribution in [1.29, 1.82) is 0 Å². The zero-order chi connectivity index (χ0) is 73.6. The van der Waals surface area contributed by atoms with Crippen LogP contribution >= 0.6 is 0 Å². The third-order valence-electron chi connectivity index (χ3n) is 13.0. The van der Waals surface area contributed by atoms with Crippen LogP contribution in [-0.4, -0.2) is 0 Å². The molecule has 0 heterocycles. The Labute approximate surface area is 617 Å². The second-order valence-electron chi connectivity index (χ2n) is 21.7. The van der Waals surface area contributed by atoms with Crippen molar-refractivity contribution in [2.45, 2.75) is 0 Å². The van der Waals surface area contributed by atoms with Gasteiger partial charge >= 0.3 is 0 Å². The van der Waals surface area contributed by atoms with E-state index in [1.165, 1.54) is 0 Å². The average Bonchev–Trinajstić information content (AvgIpc) is 3.85. The molecule has 11 rings (SSSR count). The molecule has 0 aliphatic rings. The van der Waals surface area contributed by atoms with Crippen LogP contribution in [0.1, 0.15) is 61.2 Å². The van der Waals surface area contributed by atoms with Gasteiger partial charge in [0.05, 0.1) is 0 Å². The first-order chi connectivity index (χ1) is 47.3. The number of benzene rings is 11. The molecule has 0 nitrogen and oxygen atoms in total. The standard InChI is InChI=1S/11C9H9.Ni/c11*1-8(2)9-6-4-3-5-7-9;/h11*3-7H,1-2H2;/q11*-1;. The zero-order valence-electron chi connectivity index (χ0n) is 58.6. The van der Waals surface area contributed by atoms with Crippen molar-refractivity contribution in [3.05, 3.63) is 543 Å². The van der Waals surface area contributed by atoms with Crippen LogP contribution < -0.4 is 0 Å². The minimum absolute atomic E-state index is 0. The van der Waals surface area contributed by atoms with Crippen LogP contribution in [0, 0.1) is 76.2 Å². The first kappa shape index (κ1) is 87.6. The number of rotatable bonds is 11. The normalized spacial score (nSPS) is 8.80. The van der Waals surface area contributed by atoms with E-state index in [1.54, 1.807) is 0 Å². The van der Waals surface area contributed by atoms with Crippen LogP contribution in [0.25, 0.3) is 61.3 Å². The quantitative estimate of drug-likeness (QED) is 0.0894. The number of hydrogen-bond acceptors (Lipinski definition) is 0. The third kappa shape index (κ3) is 42.8. The second kappa shape index (κ2) is 53.8. The fourth-order valence-corrected chi connectivity index (χ4v) is 7.41. The largest absolute Gasteiger partial charge is 0.199 e. The van der Waals surface area contributed by atoms with E-state index in [1.807, 2.05) is 334 Å². The van der Waals surface area contributed by atoms with Crippen molar-refractivity contribution in [3.63, 3.8) is 0 Å². The van der Waals surface area contributed by atoms with E-state index in [0.717, 1.165) is 123 Å². The zero-order valence-corrected chi connectivity index (χ0v) is 59.6. The molecule has 0 saturated carbocycles. The summed E-state index contributed by atoms with van der Waals surface area (Å²) in [6.07, 6.45) is 0. The molecule has 0 aromatic heterocycles. The van der Waals surface area contributed by atoms with E-state index in [2.05, 4.69) is 149 Å². The maximum atomic E-state index is 3.71. The smallest absolute Gasteiger partial charge is 0 e. The van der Waals surface area contributed by atoms with E-state index in [9.17, 15) is 0 Å². The van der Waals surface area contributed by atoms with E-state index in [4.69, 9.17) is 0 Å². The van der Waals surface area contributed by atoms with Crippen LogP contribution in [0.15, 0.2) is 406 Å². The van der Waals surface area contributed by atoms with Crippen molar-refractivity contribution in [1.82, 2.24) is 0 Å². The van der Waals surface area contributed by atoms with Gasteiger partial charge in [0.25, 0.3) is 0 Å². The van der Waals surface area contributed by atoms with Crippen molar-refractivity contribution in [3.8, 4) is 0 Å². The van der Waals surface area contributed by atoms with Crippen molar-refractivity contribution in [2.75, 3.05) is 0 Å². The van der Waals surface area contributed by atoms with Crippen LogP contribution in [0.5, 0.6) is 0 Å². The molecule has 1 heteroatoms. The summed E-state index contributed by atoms with van der Waals surface area (Å²) in [7, 11) is 0. The summed E-state index contributed by atoms with van der Waals surface area (Å²) in [6, 6.07) is 109. The molecule has 100 heavy (non-hydrogen) atoms. The van der Waals surface area contributed by atoms with Gasteiger partial charge in [-0.05, 0) is 0 Å². The summed E-state index contributed by atoms with van der Waals surface area (Å²) in [5.74, 6) is 0. The molecule has 516 valence electrons. The average molecular weight is 1350 g/mol. The van der Waals surface area contributed by atoms with Gasteiger partial charge in [0, 0.05) is 16.5 Å². The fourth-order valence-electron chi connectivity index (χ4n) is 7.41. The molecule has 0 amide bonds. The Balaban J connectivity index is 0.00000108. The van der Waals surface area contributed by atoms with Crippen LogP contribution in [0.3, 0.4) is 0 Å². The second-order valence-corrected chi connectivity index (χ2v) is 21.7. The summed E-state index contributed by atoms with van der Waals surface area (Å²) >= 11 is 0. The molecule has 0 radical (unpaired) electrons. The van der Waals surface area contributed by atoms with E-state index in [0.29, 0.717) is 0 Å². The predicted molar refractivity (Wildman–Crippen MR) is 449 cm³/mol. The van der Waals surface area contributed by atoms with E-state index in [-0.39, 0.29) is 16.5 Å². The molecule has 0 fully saturated rings. The Kier molecular flexibility index (Phi) is 47.2. The molecule has 0 spiro atoms. The van der Waals surface area contributed by atoms with Gasteiger partial charge in [-0.2, -0.15) is 210 Å². The fraction of sp³-hybridized carbons (Fsp3) is 0. The van der Waals surface area contributed by atoms with Crippen LogP contribution in [0.2, 0.25) is 0 Å². The van der Waals surface area contributed by atoms with Gasteiger partial charge in [0.1, 0.15) is 0 Å². The van der Waals surface area contributed by atoms with Crippen LogP contribution in [0.4, 0.5) is 0 Å². The maximum Gasteiger partial charge on any atom is 0 e. The van der Waals surface area contributed by atoms with E-state index >= 15 is 0 Å². The monoisotopic (exact) mass is 1350 g/mol. The Morgan fingerprint density at radius 3 is 0.200 bits per heavy atom. The third-order valence-corrected chi connectivity index (χ3v) is 13.0. The summed E-state index contributed by atoms with van der Waals surface area (Å²) in [5, 5.41) is 0. The minimum Gasteiger partial charge on any atom is -0.199 e. The molecule has 11 aromatic rings. The molecule has 0 N–H and O–H groups in total. The summed E-state index contributed by atoms with van der Waals surface area (Å²) in [5.41, 5.74) is 21.8. The van der Waals surface area contributed by atoms with Crippen LogP contribution in [-0.2, 0) is 16.5 Å². The number of hydrogen-bond donors (Lipinski definition) is 0. The van der Waals surface area contributed by atoms with Crippen molar-refractivity contribution < 1.29 is 16.5 Å². The molecule has 0 aliphatic carbocycles. The van der Waals surface area contributed by atoms with Crippen molar-refractivity contribution >= 4 is 61.3 Å². The van der Waals surface area contributed by atoms with Gasteiger partial charge in [0.15, 0.2) is 0 Å². The Morgan fingerprint density at radius 1 is 0.120 bits per heavy atom. The van der Waals surface area contributed by atoms with Gasteiger partial charge in [-0.25, -0.2) is 0 Å². The minimum atomic E-state index is 0. The van der Waals surface area contributed by atoms with Gasteiger partial charge in [-0.1, -0.05) is 200 Å². The van der Waals surface area contributed by atoms with Gasteiger partial charge < -0.3 is 0 Å². The SMILES string of the molecule is C=C([CH2-])c1ccccc1.C=C([CH2-])c1ccccc1.C=C([CH2-])c1ccccc1.C=C([CH2-])c1ccccc1.C=C([CH2-])c1ccccc1.C=C([CH2-])c1ccccc1.C=C([CH2-])c1ccccc1.C=C([CH2-])c1ccccc1.C=C([CH2-])c1ccccc1.C=C([CH2-])c1ccccc1.C=C([CH2-])c1ccccc1.[Ni]. The maximum absolute atomic E-state index is 3.71. The summed E-state index contributed by atoms with van der Waals surface area (Å²) < 4.78 is 0. The Hall–Kier alpha value is -12.4. The summed E-state index contributed by atoms with van der Waals surface area (Å²) in [6.45, 7) is 81.7. The molecular weight excluding hydrogens is 1250 g/mol. The topological polar surface area (TPSA) is 0 Å². The molecular formula is C99H99Ni-11. The van der Waals surface area contributed by atoms with Gasteiger partial charge in [-0.3, -0.25) is 0 Å². The van der Waals surface area contributed by atoms with E-state index < -0.39 is 0 Å². The van der Waals surface area contributed by atoms with Crippen molar-refractivity contribution in [2.24, 2.45) is 0 Å². The summed E-state index contributed by atoms with van der Waals surface area (Å²) in [4.78, 5) is 0. The Bertz CT molecular complexity index is 3110. The molecule has 0 saturated heterocycles. The molecule has 11 aromatic carbocycles. The molecule has 0 unspecified atom stereocenters. The van der Waals surface area contributed by atoms with Gasteiger partial charge in [-0.15, -0.1) is 195 Å². The first-order valence-corrected chi connectivity index (χ1v) is 31.5. The predicted octanol–water partition coefficient (Wildman–Crippen LogP) is 27.9. The number of allylic oxidation sites excluding steroid dienone is 11. The molecule has 0 aliphatic heterocycles. The van der Waals surface area contributed by atoms with Gasteiger partial charge in [0.2, 0.25) is 0 Å².